The molecule has 1 fully saturated rings. The quantitative estimate of drug-likeness (QED) is 0.525. The second-order valence-electron chi connectivity index (χ2n) is 7.69. The minimum absolute atomic E-state index is 0.0516. The van der Waals surface area contributed by atoms with Crippen molar-refractivity contribution in [3.8, 4) is 0 Å². The number of nitro groups is 1. The zero-order chi connectivity index (χ0) is 22.8. The highest BCUT2D eigenvalue weighted by molar-refractivity contribution is 5.79. The molecule has 8 nitrogen and oxygen atoms in total. The Morgan fingerprint density at radius 2 is 2.00 bits per heavy atom. The van der Waals surface area contributed by atoms with Crippen molar-refractivity contribution in [1.82, 2.24) is 5.32 Å². The standard InChI is InChI=1S/C20H22F3N3O5/c1-19(28,17-3-2-10-31-17)12-24-18(27)13-6-8-25(9-7-13)15-5-4-14(20(21,22)23)11-16(15)26(29)30/h2-5,10-11,13,28H,6-9,12H2,1H3,(H,24,27)/t19-/m1/s1. The van der Waals surface area contributed by atoms with E-state index >= 15 is 0 Å². The Bertz CT molecular complexity index is 936. The van der Waals surface area contributed by atoms with Crippen LogP contribution in [-0.2, 0) is 16.6 Å². The first-order chi connectivity index (χ1) is 14.5. The van der Waals surface area contributed by atoms with Crippen LogP contribution in [0.25, 0.3) is 0 Å². The topological polar surface area (TPSA) is 109 Å². The van der Waals surface area contributed by atoms with Crippen molar-refractivity contribution in [2.45, 2.75) is 31.5 Å². The van der Waals surface area contributed by atoms with Crippen LogP contribution < -0.4 is 10.2 Å². The Balaban J connectivity index is 1.61. The van der Waals surface area contributed by atoms with Gasteiger partial charge in [-0.25, -0.2) is 0 Å². The van der Waals surface area contributed by atoms with Crippen molar-refractivity contribution in [2.24, 2.45) is 5.92 Å². The van der Waals surface area contributed by atoms with E-state index in [4.69, 9.17) is 4.42 Å². The number of furan rings is 1. The largest absolute Gasteiger partial charge is 0.466 e. The first kappa shape index (κ1) is 22.6. The number of nitrogens with zero attached hydrogens (tertiary/aromatic N) is 2. The summed E-state index contributed by atoms with van der Waals surface area (Å²) in [5.41, 5.74) is -2.98. The number of alkyl halides is 3. The smallest absolute Gasteiger partial charge is 0.416 e. The van der Waals surface area contributed by atoms with Crippen LogP contribution in [-0.4, -0.2) is 35.6 Å². The number of rotatable bonds is 6. The number of amides is 1. The van der Waals surface area contributed by atoms with Gasteiger partial charge in [0.05, 0.1) is 23.3 Å². The fourth-order valence-corrected chi connectivity index (χ4v) is 3.57. The van der Waals surface area contributed by atoms with Crippen molar-refractivity contribution in [2.75, 3.05) is 24.5 Å². The third-order valence-electron chi connectivity index (χ3n) is 5.36. The van der Waals surface area contributed by atoms with E-state index in [-0.39, 0.29) is 37.1 Å². The number of halogens is 3. The molecule has 2 N–H and O–H groups in total. The molecule has 1 aliphatic heterocycles. The van der Waals surface area contributed by atoms with E-state index in [0.717, 1.165) is 12.1 Å². The fraction of sp³-hybridized carbons (Fsp3) is 0.450. The SMILES string of the molecule is C[C@@](O)(CNC(=O)C1CCN(c2ccc(C(F)(F)F)cc2[N+](=O)[O-])CC1)c1ccco1. The maximum atomic E-state index is 12.9. The Morgan fingerprint density at radius 1 is 1.32 bits per heavy atom. The van der Waals surface area contributed by atoms with Crippen molar-refractivity contribution in [1.29, 1.82) is 0 Å². The van der Waals surface area contributed by atoms with Gasteiger partial charge in [-0.1, -0.05) is 0 Å². The molecule has 0 aliphatic carbocycles. The van der Waals surface area contributed by atoms with Crippen LogP contribution >= 0.6 is 0 Å². The van der Waals surface area contributed by atoms with Gasteiger partial charge in [0.15, 0.2) is 0 Å². The van der Waals surface area contributed by atoms with E-state index in [1.165, 1.54) is 13.2 Å². The van der Waals surface area contributed by atoms with Crippen LogP contribution in [0.2, 0.25) is 0 Å². The summed E-state index contributed by atoms with van der Waals surface area (Å²) in [6.07, 6.45) is -2.52. The zero-order valence-electron chi connectivity index (χ0n) is 16.7. The summed E-state index contributed by atoms with van der Waals surface area (Å²) in [5, 5.41) is 24.4. The molecular weight excluding hydrogens is 419 g/mol. The van der Waals surface area contributed by atoms with Gasteiger partial charge in [-0.2, -0.15) is 13.2 Å². The number of carbonyl (C=O) groups excluding carboxylic acids is 1. The van der Waals surface area contributed by atoms with Crippen molar-refractivity contribution >= 4 is 17.3 Å². The highest BCUT2D eigenvalue weighted by Gasteiger charge is 2.35. The molecule has 168 valence electrons. The average Bonchev–Trinajstić information content (AvgIpc) is 3.27. The molecule has 2 aromatic rings. The van der Waals surface area contributed by atoms with Gasteiger partial charge < -0.3 is 19.7 Å². The van der Waals surface area contributed by atoms with Crippen LogP contribution in [0.4, 0.5) is 24.5 Å². The highest BCUT2D eigenvalue weighted by atomic mass is 19.4. The molecule has 31 heavy (non-hydrogen) atoms. The number of nitro benzene ring substituents is 1. The van der Waals surface area contributed by atoms with E-state index in [9.17, 15) is 33.2 Å². The van der Waals surface area contributed by atoms with E-state index < -0.39 is 28.0 Å². The van der Waals surface area contributed by atoms with Gasteiger partial charge in [-0.05, 0) is 44.0 Å². The number of benzene rings is 1. The summed E-state index contributed by atoms with van der Waals surface area (Å²) in [4.78, 5) is 24.6. The number of nitrogens with one attached hydrogen (secondary N) is 1. The molecule has 0 bridgehead atoms. The number of hydrogen-bond donors (Lipinski definition) is 2. The first-order valence-corrected chi connectivity index (χ1v) is 9.63. The number of carbonyl (C=O) groups is 1. The van der Waals surface area contributed by atoms with Crippen LogP contribution in [0.1, 0.15) is 31.1 Å². The van der Waals surface area contributed by atoms with Crippen LogP contribution in [0, 0.1) is 16.0 Å². The molecule has 1 amide bonds. The fourth-order valence-electron chi connectivity index (χ4n) is 3.57. The average molecular weight is 441 g/mol. The molecule has 1 atom stereocenters. The van der Waals surface area contributed by atoms with Gasteiger partial charge >= 0.3 is 6.18 Å². The summed E-state index contributed by atoms with van der Waals surface area (Å²) >= 11 is 0. The lowest BCUT2D eigenvalue weighted by Gasteiger charge is -2.33. The van der Waals surface area contributed by atoms with Crippen LogP contribution in [0.3, 0.4) is 0 Å². The van der Waals surface area contributed by atoms with Crippen molar-refractivity contribution in [3.05, 3.63) is 58.0 Å². The summed E-state index contributed by atoms with van der Waals surface area (Å²) in [7, 11) is 0. The summed E-state index contributed by atoms with van der Waals surface area (Å²) < 4.78 is 43.8. The van der Waals surface area contributed by atoms with E-state index in [0.29, 0.717) is 24.7 Å². The van der Waals surface area contributed by atoms with E-state index in [1.807, 2.05) is 0 Å². The lowest BCUT2D eigenvalue weighted by atomic mass is 9.94. The van der Waals surface area contributed by atoms with Gasteiger partial charge in [0.1, 0.15) is 17.0 Å². The highest BCUT2D eigenvalue weighted by Crippen LogP contribution is 2.37. The second-order valence-corrected chi connectivity index (χ2v) is 7.69. The van der Waals surface area contributed by atoms with Gasteiger partial charge in [-0.15, -0.1) is 0 Å². The number of piperidine rings is 1. The van der Waals surface area contributed by atoms with Gasteiger partial charge in [0, 0.05) is 25.1 Å². The van der Waals surface area contributed by atoms with Gasteiger partial charge in [0.25, 0.3) is 5.69 Å². The Hall–Kier alpha value is -3.08. The maximum absolute atomic E-state index is 12.9. The molecule has 0 saturated carbocycles. The second kappa shape index (κ2) is 8.58. The molecule has 1 aliphatic rings. The lowest BCUT2D eigenvalue weighted by molar-refractivity contribution is -0.384. The minimum Gasteiger partial charge on any atom is -0.466 e. The third-order valence-corrected chi connectivity index (χ3v) is 5.36. The summed E-state index contributed by atoms with van der Waals surface area (Å²) in [6, 6.07) is 5.67. The third kappa shape index (κ3) is 5.16. The Labute approximate surface area is 175 Å². The predicted octanol–water partition coefficient (Wildman–Crippen LogP) is 3.45. The number of hydrogen-bond acceptors (Lipinski definition) is 6. The molecule has 0 radical (unpaired) electrons. The molecule has 1 saturated heterocycles. The zero-order valence-corrected chi connectivity index (χ0v) is 16.7. The normalized spacial score (nSPS) is 17.3. The molecule has 1 aromatic carbocycles. The molecular formula is C20H22F3N3O5. The summed E-state index contributed by atoms with van der Waals surface area (Å²) in [6.45, 7) is 2.01. The van der Waals surface area contributed by atoms with Crippen LogP contribution in [0.5, 0.6) is 0 Å². The monoisotopic (exact) mass is 441 g/mol. The summed E-state index contributed by atoms with van der Waals surface area (Å²) in [5.74, 6) is -0.331. The molecule has 11 heteroatoms. The predicted molar refractivity (Wildman–Crippen MR) is 104 cm³/mol. The number of aliphatic hydroxyl groups is 1. The number of anilines is 1. The maximum Gasteiger partial charge on any atom is 0.416 e. The Morgan fingerprint density at radius 3 is 2.55 bits per heavy atom. The molecule has 3 rings (SSSR count). The van der Waals surface area contributed by atoms with Gasteiger partial charge in [-0.3, -0.25) is 14.9 Å². The minimum atomic E-state index is -4.68. The molecule has 2 heterocycles. The van der Waals surface area contributed by atoms with Crippen LogP contribution in [0.15, 0.2) is 41.0 Å². The first-order valence-electron chi connectivity index (χ1n) is 9.63. The van der Waals surface area contributed by atoms with Gasteiger partial charge in [0.2, 0.25) is 5.91 Å². The molecule has 0 unspecified atom stereocenters. The van der Waals surface area contributed by atoms with Crippen molar-refractivity contribution in [3.63, 3.8) is 0 Å². The molecule has 0 spiro atoms. The van der Waals surface area contributed by atoms with E-state index in [2.05, 4.69) is 5.32 Å². The molecule has 1 aromatic heterocycles. The lowest BCUT2D eigenvalue weighted by Crippen LogP contribution is -2.44. The Kier molecular flexibility index (Phi) is 6.25. The van der Waals surface area contributed by atoms with E-state index in [1.54, 1.807) is 17.0 Å². The van der Waals surface area contributed by atoms with Crippen molar-refractivity contribution < 1.29 is 32.4 Å².